The second-order valence-electron chi connectivity index (χ2n) is 11.2. The Labute approximate surface area is 265 Å². The van der Waals surface area contributed by atoms with E-state index in [9.17, 15) is 32.9 Å². The van der Waals surface area contributed by atoms with Crippen molar-refractivity contribution in [2.24, 2.45) is 0 Å². The maximum absolute atomic E-state index is 14.7. The average Bonchev–Trinajstić information content (AvgIpc) is 3.46. The number of nitrogens with zero attached hydrogens (tertiary/aromatic N) is 3. The highest BCUT2D eigenvalue weighted by molar-refractivity contribution is 8.00. The van der Waals surface area contributed by atoms with E-state index in [2.05, 4.69) is 10.1 Å². The van der Waals surface area contributed by atoms with Gasteiger partial charge in [0.15, 0.2) is 11.6 Å². The van der Waals surface area contributed by atoms with Crippen molar-refractivity contribution in [3.8, 4) is 11.1 Å². The van der Waals surface area contributed by atoms with Gasteiger partial charge in [0.25, 0.3) is 0 Å². The van der Waals surface area contributed by atoms with Crippen molar-refractivity contribution in [2.75, 3.05) is 7.11 Å². The number of methoxy groups -OCH3 is 1. The smallest absolute Gasteiger partial charge is 0.248 e. The van der Waals surface area contributed by atoms with Gasteiger partial charge in [-0.2, -0.15) is 5.10 Å². The molecule has 3 aromatic rings. The number of aromatic nitrogens is 3. The van der Waals surface area contributed by atoms with Crippen LogP contribution in [0, 0.1) is 11.6 Å². The van der Waals surface area contributed by atoms with Crippen LogP contribution in [-0.2, 0) is 9.47 Å². The summed E-state index contributed by atoms with van der Waals surface area (Å²) < 4.78 is 70.4. The van der Waals surface area contributed by atoms with Gasteiger partial charge < -0.3 is 24.8 Å². The average molecular weight is 681 g/mol. The normalized spacial score (nSPS) is 28.0. The molecule has 15 heteroatoms. The Kier molecular flexibility index (Phi) is 9.89. The van der Waals surface area contributed by atoms with E-state index in [4.69, 9.17) is 32.7 Å². The third kappa shape index (κ3) is 6.48. The third-order valence-corrected chi connectivity index (χ3v) is 10.4. The molecule has 1 saturated heterocycles. The lowest BCUT2D eigenvalue weighted by molar-refractivity contribution is -0.202. The van der Waals surface area contributed by atoms with Gasteiger partial charge in [0.05, 0.1) is 38.9 Å². The highest BCUT2D eigenvalue weighted by Crippen LogP contribution is 2.53. The van der Waals surface area contributed by atoms with E-state index in [1.165, 1.54) is 49.4 Å². The summed E-state index contributed by atoms with van der Waals surface area (Å²) in [5.41, 5.74) is -2.58. The molecule has 2 fully saturated rings. The fourth-order valence-corrected chi connectivity index (χ4v) is 7.84. The number of benzene rings is 1. The molecule has 1 aromatic carbocycles. The number of halogens is 6. The Morgan fingerprint density at radius 3 is 2.45 bits per heavy atom. The molecule has 2 aliphatic rings. The zero-order valence-corrected chi connectivity index (χ0v) is 25.9. The second kappa shape index (κ2) is 13.0. The quantitative estimate of drug-likeness (QED) is 0.198. The Bertz CT molecular complexity index is 1470. The molecule has 44 heavy (non-hydrogen) atoms. The van der Waals surface area contributed by atoms with Crippen LogP contribution in [0.4, 0.5) is 17.6 Å². The highest BCUT2D eigenvalue weighted by atomic mass is 35.5. The monoisotopic (exact) mass is 679 g/mol. The summed E-state index contributed by atoms with van der Waals surface area (Å²) >= 11 is 13.1. The van der Waals surface area contributed by atoms with Gasteiger partial charge in [0.1, 0.15) is 29.8 Å². The van der Waals surface area contributed by atoms with E-state index in [1.807, 2.05) is 0 Å². The van der Waals surface area contributed by atoms with Crippen molar-refractivity contribution in [1.29, 1.82) is 0 Å². The number of thioether (sulfide) groups is 1. The predicted molar refractivity (Wildman–Crippen MR) is 157 cm³/mol. The lowest BCUT2D eigenvalue weighted by Gasteiger charge is -2.47. The first kappa shape index (κ1) is 33.4. The molecule has 3 N–H and O–H groups in total. The summed E-state index contributed by atoms with van der Waals surface area (Å²) in [5, 5.41) is 37.3. The van der Waals surface area contributed by atoms with E-state index in [-0.39, 0.29) is 39.7 Å². The second-order valence-corrected chi connectivity index (χ2v) is 13.2. The minimum Gasteiger partial charge on any atom is -0.391 e. The summed E-state index contributed by atoms with van der Waals surface area (Å²) in [6.07, 6.45) is -2.07. The largest absolute Gasteiger partial charge is 0.391 e. The molecule has 5 unspecified atom stereocenters. The summed E-state index contributed by atoms with van der Waals surface area (Å²) in [6, 6.07) is 4.61. The summed E-state index contributed by atoms with van der Waals surface area (Å²) in [4.78, 5) is 4.34. The Hall–Kier alpha value is -1.97. The molecular formula is C29H31Cl2F4N3O5S. The van der Waals surface area contributed by atoms with Gasteiger partial charge in [0.2, 0.25) is 5.92 Å². The number of alkyl halides is 2. The van der Waals surface area contributed by atoms with Crippen molar-refractivity contribution in [2.45, 2.75) is 85.3 Å². The number of rotatable bonds is 8. The number of hydrogen-bond acceptors (Lipinski definition) is 8. The van der Waals surface area contributed by atoms with E-state index < -0.39 is 77.1 Å². The number of hydrogen-bond donors (Lipinski definition) is 3. The zero-order valence-electron chi connectivity index (χ0n) is 23.6. The van der Waals surface area contributed by atoms with E-state index in [0.717, 1.165) is 11.8 Å². The molecule has 5 rings (SSSR count). The van der Waals surface area contributed by atoms with Gasteiger partial charge >= 0.3 is 0 Å². The van der Waals surface area contributed by atoms with Crippen molar-refractivity contribution in [3.63, 3.8) is 0 Å². The lowest BCUT2D eigenvalue weighted by atomic mass is 9.79. The first-order chi connectivity index (χ1) is 20.8. The third-order valence-electron chi connectivity index (χ3n) is 8.22. The van der Waals surface area contributed by atoms with Crippen LogP contribution in [0.1, 0.15) is 49.6 Å². The minimum absolute atomic E-state index is 0.118. The molecule has 0 radical (unpaired) electrons. The van der Waals surface area contributed by atoms with Crippen LogP contribution >= 0.6 is 35.0 Å². The summed E-state index contributed by atoms with van der Waals surface area (Å²) in [6.45, 7) is 1.47. The summed E-state index contributed by atoms with van der Waals surface area (Å²) in [5.74, 6) is -5.33. The zero-order chi connectivity index (χ0) is 32.0. The van der Waals surface area contributed by atoms with Gasteiger partial charge in [-0.3, -0.25) is 9.67 Å². The molecular weight excluding hydrogens is 649 g/mol. The van der Waals surface area contributed by atoms with E-state index in [0.29, 0.717) is 0 Å². The Balaban J connectivity index is 1.52. The molecule has 0 bridgehead atoms. The van der Waals surface area contributed by atoms with Crippen LogP contribution in [0.3, 0.4) is 0 Å². The molecule has 1 aliphatic carbocycles. The van der Waals surface area contributed by atoms with Crippen molar-refractivity contribution >= 4 is 35.0 Å². The van der Waals surface area contributed by atoms with Crippen LogP contribution in [0.5, 0.6) is 0 Å². The van der Waals surface area contributed by atoms with Gasteiger partial charge in [-0.1, -0.05) is 23.2 Å². The molecule has 1 aliphatic heterocycles. The Morgan fingerprint density at radius 1 is 1.11 bits per heavy atom. The molecule has 240 valence electrons. The SMILES string of the molecule is CO[C@H]1C(C(C)O)OC(S[C@H](c2ncccc2Cl)C2(O)CCC(F)(F)CC2)C(O)C1n1cc(-c2ccc(Cl)c(F)c2F)cn1. The minimum atomic E-state index is -2.94. The molecule has 2 aromatic heterocycles. The van der Waals surface area contributed by atoms with Gasteiger partial charge in [0, 0.05) is 43.5 Å². The van der Waals surface area contributed by atoms with E-state index in [1.54, 1.807) is 12.1 Å². The molecule has 8 nitrogen and oxygen atoms in total. The topological polar surface area (TPSA) is 110 Å². The van der Waals surface area contributed by atoms with Crippen LogP contribution < -0.4 is 0 Å². The van der Waals surface area contributed by atoms with Crippen LogP contribution in [0.2, 0.25) is 10.0 Å². The predicted octanol–water partition coefficient (Wildman–Crippen LogP) is 5.97. The number of aliphatic hydroxyl groups is 3. The fraction of sp³-hybridized carbons (Fsp3) is 0.517. The van der Waals surface area contributed by atoms with Gasteiger partial charge in [-0.25, -0.2) is 17.6 Å². The maximum atomic E-state index is 14.7. The molecule has 0 spiro atoms. The van der Waals surface area contributed by atoms with Crippen molar-refractivity contribution in [3.05, 3.63) is 70.2 Å². The highest BCUT2D eigenvalue weighted by Gasteiger charge is 2.53. The van der Waals surface area contributed by atoms with Crippen LogP contribution in [-0.4, -0.2) is 78.6 Å². The van der Waals surface area contributed by atoms with Crippen LogP contribution in [0.15, 0.2) is 42.9 Å². The van der Waals surface area contributed by atoms with Gasteiger partial charge in [-0.05, 0) is 44.0 Å². The standard InChI is InChI=1S/C29H31Cl2F4N3O5S/c1-14(39)24-25(42-2)22(38-13-15(12-37-38)16-5-6-17(30)20(33)19(16)32)23(40)27(43-24)44-26(21-18(31)4-3-11-36-21)28(41)7-9-29(34,35)10-8-28/h3-6,11-14,22-27,39-41H,7-10H2,1-2H3/t14?,22?,23?,24?,25-,26-,27?/m1/s1. The molecule has 1 saturated carbocycles. The van der Waals surface area contributed by atoms with Crippen molar-refractivity contribution in [1.82, 2.24) is 14.8 Å². The molecule has 3 heterocycles. The number of ether oxygens (including phenoxy) is 2. The molecule has 0 amide bonds. The summed E-state index contributed by atoms with van der Waals surface area (Å²) in [7, 11) is 1.36. The Morgan fingerprint density at radius 2 is 1.82 bits per heavy atom. The first-order valence-electron chi connectivity index (χ1n) is 13.8. The van der Waals surface area contributed by atoms with Gasteiger partial charge in [-0.15, -0.1) is 11.8 Å². The van der Waals surface area contributed by atoms with Crippen molar-refractivity contribution < 1.29 is 42.4 Å². The number of pyridine rings is 1. The number of aliphatic hydroxyl groups excluding tert-OH is 2. The fourth-order valence-electron chi connectivity index (χ4n) is 5.81. The van der Waals surface area contributed by atoms with E-state index >= 15 is 0 Å². The molecule has 7 atom stereocenters. The lowest BCUT2D eigenvalue weighted by Crippen LogP contribution is -2.58. The maximum Gasteiger partial charge on any atom is 0.248 e. The first-order valence-corrected chi connectivity index (χ1v) is 15.5. The van der Waals surface area contributed by atoms with Crippen LogP contribution in [0.25, 0.3) is 11.1 Å².